The number of rotatable bonds is 6. The highest BCUT2D eigenvalue weighted by atomic mass is 32.2. The molecule has 116 valence electrons. The quantitative estimate of drug-likeness (QED) is 0.891. The first-order valence-electron chi connectivity index (χ1n) is 7.04. The van der Waals surface area contributed by atoms with Gasteiger partial charge in [0.2, 0.25) is 0 Å². The Kier molecular flexibility index (Phi) is 5.72. The standard InChI is InChI=1S/C17H19NO3S/c1-3-22(20)16-11-7-5-9-14(16)17(19)18-12-13-8-4-6-10-15(13)21-2/h4-11H,3,12H2,1-2H3,(H,18,19)/t22-/m0/s1. The van der Waals surface area contributed by atoms with Crippen LogP contribution in [0.2, 0.25) is 0 Å². The normalized spacial score (nSPS) is 11.7. The van der Waals surface area contributed by atoms with Crippen LogP contribution >= 0.6 is 0 Å². The molecule has 0 unspecified atom stereocenters. The molecule has 0 aliphatic heterocycles. The summed E-state index contributed by atoms with van der Waals surface area (Å²) in [4.78, 5) is 12.9. The number of nitrogens with one attached hydrogen (secondary N) is 1. The van der Waals surface area contributed by atoms with Gasteiger partial charge in [0.15, 0.2) is 0 Å². The Morgan fingerprint density at radius 3 is 2.55 bits per heavy atom. The largest absolute Gasteiger partial charge is 0.496 e. The summed E-state index contributed by atoms with van der Waals surface area (Å²) < 4.78 is 17.3. The van der Waals surface area contributed by atoms with Gasteiger partial charge in [-0.3, -0.25) is 9.00 Å². The van der Waals surface area contributed by atoms with Gasteiger partial charge in [-0.15, -0.1) is 0 Å². The maximum Gasteiger partial charge on any atom is 0.252 e. The maximum atomic E-state index is 12.4. The average Bonchev–Trinajstić information content (AvgIpc) is 2.59. The van der Waals surface area contributed by atoms with Crippen molar-refractivity contribution >= 4 is 16.7 Å². The Morgan fingerprint density at radius 2 is 1.82 bits per heavy atom. The third-order valence-electron chi connectivity index (χ3n) is 3.27. The number of hydrogen-bond acceptors (Lipinski definition) is 3. The van der Waals surface area contributed by atoms with Crippen LogP contribution in [0.3, 0.4) is 0 Å². The van der Waals surface area contributed by atoms with Gasteiger partial charge in [0.1, 0.15) is 5.75 Å². The molecule has 0 aliphatic rings. The summed E-state index contributed by atoms with van der Waals surface area (Å²) in [7, 11) is 0.435. The molecule has 0 saturated heterocycles. The second-order valence-corrected chi connectivity index (χ2v) is 6.33. The average molecular weight is 317 g/mol. The van der Waals surface area contributed by atoms with E-state index in [4.69, 9.17) is 4.74 Å². The Labute approximate surface area is 133 Å². The van der Waals surface area contributed by atoms with E-state index in [-0.39, 0.29) is 5.91 Å². The van der Waals surface area contributed by atoms with E-state index >= 15 is 0 Å². The van der Waals surface area contributed by atoms with Crippen LogP contribution in [0.25, 0.3) is 0 Å². The van der Waals surface area contributed by atoms with Crippen molar-refractivity contribution in [1.29, 1.82) is 0 Å². The van der Waals surface area contributed by atoms with E-state index in [2.05, 4.69) is 5.32 Å². The number of benzene rings is 2. The Hall–Kier alpha value is -2.14. The first-order chi connectivity index (χ1) is 10.7. The number of carbonyl (C=O) groups is 1. The lowest BCUT2D eigenvalue weighted by Crippen LogP contribution is -2.24. The minimum atomic E-state index is -1.16. The van der Waals surface area contributed by atoms with Gasteiger partial charge in [0.05, 0.1) is 28.4 Å². The summed E-state index contributed by atoms with van der Waals surface area (Å²) in [6, 6.07) is 14.5. The molecule has 0 aliphatic carbocycles. The fourth-order valence-corrected chi connectivity index (χ4v) is 3.08. The molecule has 22 heavy (non-hydrogen) atoms. The lowest BCUT2D eigenvalue weighted by atomic mass is 10.1. The fourth-order valence-electron chi connectivity index (χ4n) is 2.13. The molecule has 0 radical (unpaired) electrons. The third kappa shape index (κ3) is 3.74. The number of amides is 1. The molecule has 1 N–H and O–H groups in total. The van der Waals surface area contributed by atoms with Gasteiger partial charge < -0.3 is 10.1 Å². The van der Waals surface area contributed by atoms with Crippen LogP contribution in [0, 0.1) is 0 Å². The SMILES string of the molecule is CC[S@](=O)c1ccccc1C(=O)NCc1ccccc1OC. The van der Waals surface area contributed by atoms with Crippen molar-refractivity contribution in [2.24, 2.45) is 0 Å². The zero-order valence-corrected chi connectivity index (χ0v) is 13.5. The number of carbonyl (C=O) groups excluding carboxylic acids is 1. The highest BCUT2D eigenvalue weighted by molar-refractivity contribution is 7.85. The van der Waals surface area contributed by atoms with Crippen molar-refractivity contribution in [2.45, 2.75) is 18.4 Å². The van der Waals surface area contributed by atoms with Crippen LogP contribution in [0.1, 0.15) is 22.8 Å². The highest BCUT2D eigenvalue weighted by Crippen LogP contribution is 2.18. The Morgan fingerprint density at radius 1 is 1.14 bits per heavy atom. The molecule has 5 heteroatoms. The van der Waals surface area contributed by atoms with Gasteiger partial charge in [-0.05, 0) is 18.2 Å². The molecule has 0 saturated carbocycles. The first-order valence-corrected chi connectivity index (χ1v) is 8.36. The summed E-state index contributed by atoms with van der Waals surface area (Å²) in [6.07, 6.45) is 0. The summed E-state index contributed by atoms with van der Waals surface area (Å²) >= 11 is 0. The van der Waals surface area contributed by atoms with Gasteiger partial charge in [-0.2, -0.15) is 0 Å². The van der Waals surface area contributed by atoms with Crippen LogP contribution < -0.4 is 10.1 Å². The molecule has 1 amide bonds. The smallest absolute Gasteiger partial charge is 0.252 e. The second-order valence-electron chi connectivity index (χ2n) is 4.62. The minimum absolute atomic E-state index is 0.233. The summed E-state index contributed by atoms with van der Waals surface area (Å²) in [5.41, 5.74) is 1.35. The van der Waals surface area contributed by atoms with E-state index < -0.39 is 10.8 Å². The minimum Gasteiger partial charge on any atom is -0.496 e. The topological polar surface area (TPSA) is 55.4 Å². The van der Waals surface area contributed by atoms with Crippen LogP contribution in [-0.2, 0) is 17.3 Å². The predicted molar refractivity (Wildman–Crippen MR) is 87.6 cm³/mol. The lowest BCUT2D eigenvalue weighted by molar-refractivity contribution is 0.0947. The maximum absolute atomic E-state index is 12.4. The fraction of sp³-hybridized carbons (Fsp3) is 0.235. The lowest BCUT2D eigenvalue weighted by Gasteiger charge is -2.11. The molecule has 0 aromatic heterocycles. The first kappa shape index (κ1) is 16.2. The van der Waals surface area contributed by atoms with Crippen molar-refractivity contribution < 1.29 is 13.7 Å². The Bertz CT molecular complexity index is 685. The molecule has 2 rings (SSSR count). The molecule has 0 fully saturated rings. The van der Waals surface area contributed by atoms with Crippen molar-refractivity contribution in [2.75, 3.05) is 12.9 Å². The van der Waals surface area contributed by atoms with Crippen LogP contribution in [0.15, 0.2) is 53.4 Å². The summed E-state index contributed by atoms with van der Waals surface area (Å²) in [5.74, 6) is 0.980. The number of para-hydroxylation sites is 1. The molecule has 0 bridgehead atoms. The number of methoxy groups -OCH3 is 1. The molecule has 2 aromatic rings. The van der Waals surface area contributed by atoms with Gasteiger partial charge in [-0.1, -0.05) is 37.3 Å². The van der Waals surface area contributed by atoms with E-state index in [1.807, 2.05) is 31.2 Å². The van der Waals surface area contributed by atoms with E-state index in [0.29, 0.717) is 22.8 Å². The zero-order valence-electron chi connectivity index (χ0n) is 12.7. The van der Waals surface area contributed by atoms with Crippen LogP contribution in [-0.4, -0.2) is 23.0 Å². The highest BCUT2D eigenvalue weighted by Gasteiger charge is 2.14. The van der Waals surface area contributed by atoms with E-state index in [9.17, 15) is 9.00 Å². The van der Waals surface area contributed by atoms with Gasteiger partial charge in [-0.25, -0.2) is 0 Å². The second kappa shape index (κ2) is 7.75. The molecule has 4 nitrogen and oxygen atoms in total. The van der Waals surface area contributed by atoms with Crippen molar-refractivity contribution in [1.82, 2.24) is 5.32 Å². The van der Waals surface area contributed by atoms with Crippen molar-refractivity contribution in [3.8, 4) is 5.75 Å². The van der Waals surface area contributed by atoms with Gasteiger partial charge in [0.25, 0.3) is 5.91 Å². The number of ether oxygens (including phenoxy) is 1. The van der Waals surface area contributed by atoms with E-state index in [1.165, 1.54) is 0 Å². The van der Waals surface area contributed by atoms with Crippen LogP contribution in [0.4, 0.5) is 0 Å². The molecule has 2 aromatic carbocycles. The monoisotopic (exact) mass is 317 g/mol. The third-order valence-corrected chi connectivity index (χ3v) is 4.64. The zero-order chi connectivity index (χ0) is 15.9. The predicted octanol–water partition coefficient (Wildman–Crippen LogP) is 2.75. The molecular formula is C17H19NO3S. The molecular weight excluding hydrogens is 298 g/mol. The molecule has 0 spiro atoms. The van der Waals surface area contributed by atoms with Gasteiger partial charge in [0, 0.05) is 17.9 Å². The van der Waals surface area contributed by atoms with E-state index in [1.54, 1.807) is 31.4 Å². The molecule has 0 heterocycles. The van der Waals surface area contributed by atoms with E-state index in [0.717, 1.165) is 11.3 Å². The van der Waals surface area contributed by atoms with Gasteiger partial charge >= 0.3 is 0 Å². The summed E-state index contributed by atoms with van der Waals surface area (Å²) in [6.45, 7) is 2.19. The van der Waals surface area contributed by atoms with Crippen molar-refractivity contribution in [3.63, 3.8) is 0 Å². The van der Waals surface area contributed by atoms with Crippen LogP contribution in [0.5, 0.6) is 5.75 Å². The number of hydrogen-bond donors (Lipinski definition) is 1. The molecule has 1 atom stereocenters. The summed E-state index contributed by atoms with van der Waals surface area (Å²) in [5, 5.41) is 2.86. The van der Waals surface area contributed by atoms with Crippen molar-refractivity contribution in [3.05, 3.63) is 59.7 Å². The Balaban J connectivity index is 2.15.